The number of nitrogens with zero attached hydrogens (tertiary/aromatic N) is 5. The molecule has 216 valence electrons. The lowest BCUT2D eigenvalue weighted by molar-refractivity contribution is -0.0944. The van der Waals surface area contributed by atoms with E-state index in [-0.39, 0.29) is 23.3 Å². The van der Waals surface area contributed by atoms with Crippen LogP contribution in [0.25, 0.3) is 11.2 Å². The summed E-state index contributed by atoms with van der Waals surface area (Å²) in [5.74, 6) is 0.227. The van der Waals surface area contributed by atoms with E-state index in [0.29, 0.717) is 50.4 Å². The highest BCUT2D eigenvalue weighted by atomic mass is 16.6. The van der Waals surface area contributed by atoms with E-state index in [9.17, 15) is 15.0 Å². The molecule has 4 heterocycles. The molecule has 4 atom stereocenters. The van der Waals surface area contributed by atoms with E-state index in [1.54, 1.807) is 4.57 Å². The number of fused-ring (bicyclic) bond motifs is 1. The number of urea groups is 1. The number of benzene rings is 1. The Morgan fingerprint density at radius 1 is 1.15 bits per heavy atom. The van der Waals surface area contributed by atoms with Crippen LogP contribution in [0.3, 0.4) is 0 Å². The van der Waals surface area contributed by atoms with Gasteiger partial charge in [0.25, 0.3) is 0 Å². The Kier molecular flexibility index (Phi) is 8.19. The average molecular weight is 555 g/mol. The second kappa shape index (κ2) is 11.6. The largest absolute Gasteiger partial charge is 0.387 e. The normalized spacial score (nSPS) is 23.4. The van der Waals surface area contributed by atoms with Gasteiger partial charge < -0.3 is 36.1 Å². The second-order valence-corrected chi connectivity index (χ2v) is 11.4. The van der Waals surface area contributed by atoms with E-state index < -0.39 is 24.5 Å². The lowest BCUT2D eigenvalue weighted by atomic mass is 9.87. The molecule has 0 saturated carbocycles. The van der Waals surface area contributed by atoms with Crippen LogP contribution in [0.2, 0.25) is 0 Å². The lowest BCUT2D eigenvalue weighted by Crippen LogP contribution is -2.53. The summed E-state index contributed by atoms with van der Waals surface area (Å²) >= 11 is 0. The van der Waals surface area contributed by atoms with Crippen molar-refractivity contribution in [1.82, 2.24) is 29.7 Å². The first-order valence-corrected chi connectivity index (χ1v) is 13.5. The van der Waals surface area contributed by atoms with Crippen molar-refractivity contribution in [2.24, 2.45) is 0 Å². The van der Waals surface area contributed by atoms with E-state index in [2.05, 4.69) is 51.3 Å². The fraction of sp³-hybridized carbons (Fsp3) is 0.556. The quantitative estimate of drug-likeness (QED) is 0.242. The van der Waals surface area contributed by atoms with Crippen LogP contribution in [0.5, 0.6) is 0 Å². The monoisotopic (exact) mass is 554 g/mol. The molecule has 2 fully saturated rings. The van der Waals surface area contributed by atoms with Crippen LogP contribution in [0, 0.1) is 0 Å². The summed E-state index contributed by atoms with van der Waals surface area (Å²) in [6.45, 7) is 9.11. The molecule has 13 heteroatoms. The highest BCUT2D eigenvalue weighted by Crippen LogP contribution is 2.33. The number of aliphatic hydroxyl groups excluding tert-OH is 2. The van der Waals surface area contributed by atoms with Gasteiger partial charge in [-0.15, -0.1) is 0 Å². The van der Waals surface area contributed by atoms with E-state index in [0.717, 1.165) is 5.69 Å². The fourth-order valence-corrected chi connectivity index (χ4v) is 4.97. The van der Waals surface area contributed by atoms with Crippen LogP contribution in [0.15, 0.2) is 36.9 Å². The number of aromatic nitrogens is 4. The standard InChI is InChI=1S/C27H38N8O5/c1-27(2,3)16-5-7-17(8-6-16)33-26(38)29-9-4-10-34(18-12-39-13-18)11-19-21(36)22(37)25(40-19)35-15-32-20-23(28)30-14-31-24(20)35/h5-8,14-15,18-19,21-22,25,36-37H,4,9-13H2,1-3H3,(H2,28,30,31)(H2,29,33,38)/t19-,21+,22-,25-/m1/s1. The van der Waals surface area contributed by atoms with Gasteiger partial charge in [0.15, 0.2) is 17.7 Å². The number of hydrogen-bond donors (Lipinski definition) is 5. The van der Waals surface area contributed by atoms with Gasteiger partial charge in [0.1, 0.15) is 30.2 Å². The number of nitrogen functional groups attached to an aromatic ring is 1. The molecule has 5 rings (SSSR count). The predicted octanol–water partition coefficient (Wildman–Crippen LogP) is 1.24. The average Bonchev–Trinajstić information content (AvgIpc) is 3.42. The molecule has 40 heavy (non-hydrogen) atoms. The molecule has 3 aromatic rings. The maximum Gasteiger partial charge on any atom is 0.319 e. The maximum absolute atomic E-state index is 12.4. The highest BCUT2D eigenvalue weighted by Gasteiger charge is 2.45. The van der Waals surface area contributed by atoms with E-state index >= 15 is 0 Å². The molecule has 13 nitrogen and oxygen atoms in total. The molecule has 2 aliphatic heterocycles. The minimum atomic E-state index is -1.18. The number of rotatable bonds is 9. The summed E-state index contributed by atoms with van der Waals surface area (Å²) in [6.07, 6.45) is -0.332. The molecule has 2 amide bonds. The lowest BCUT2D eigenvalue weighted by Gasteiger charge is -2.38. The molecule has 6 N–H and O–H groups in total. The number of nitrogens with two attached hydrogens (primary N) is 1. The van der Waals surface area contributed by atoms with Gasteiger partial charge in [-0.3, -0.25) is 9.47 Å². The topological polar surface area (TPSA) is 173 Å². The molecule has 1 aromatic carbocycles. The third-order valence-corrected chi connectivity index (χ3v) is 7.47. The van der Waals surface area contributed by atoms with E-state index in [4.69, 9.17) is 15.2 Å². The van der Waals surface area contributed by atoms with Crippen molar-refractivity contribution in [3.05, 3.63) is 42.5 Å². The first-order chi connectivity index (χ1) is 19.1. The Bertz CT molecular complexity index is 1310. The maximum atomic E-state index is 12.4. The van der Waals surface area contributed by atoms with Crippen LogP contribution >= 0.6 is 0 Å². The van der Waals surface area contributed by atoms with Gasteiger partial charge in [0, 0.05) is 25.3 Å². The number of amides is 2. The van der Waals surface area contributed by atoms with Crippen molar-refractivity contribution in [3.8, 4) is 0 Å². The summed E-state index contributed by atoms with van der Waals surface area (Å²) in [5, 5.41) is 27.4. The zero-order valence-electron chi connectivity index (χ0n) is 23.0. The zero-order chi connectivity index (χ0) is 28.4. The Hall–Kier alpha value is -3.36. The number of carbonyl (C=O) groups is 1. The molecule has 0 bridgehead atoms. The number of anilines is 2. The first kappa shape index (κ1) is 28.2. The van der Waals surface area contributed by atoms with Gasteiger partial charge >= 0.3 is 6.03 Å². The summed E-state index contributed by atoms with van der Waals surface area (Å²) in [7, 11) is 0. The number of ether oxygens (including phenoxy) is 2. The smallest absolute Gasteiger partial charge is 0.319 e. The third-order valence-electron chi connectivity index (χ3n) is 7.47. The molecular formula is C27H38N8O5. The van der Waals surface area contributed by atoms with Gasteiger partial charge in [-0.05, 0) is 29.5 Å². The van der Waals surface area contributed by atoms with Gasteiger partial charge in [-0.1, -0.05) is 32.9 Å². The van der Waals surface area contributed by atoms with Gasteiger partial charge in [0.2, 0.25) is 0 Å². The van der Waals surface area contributed by atoms with Crippen molar-refractivity contribution >= 4 is 28.7 Å². The molecule has 2 saturated heterocycles. The third kappa shape index (κ3) is 6.03. The summed E-state index contributed by atoms with van der Waals surface area (Å²) in [5.41, 5.74) is 8.69. The SMILES string of the molecule is CC(C)(C)c1ccc(NC(=O)NCCCN(C[C@H]2O[C@@H](n3cnc4c(N)ncnc43)[C@H](O)[C@H]2O)C2COC2)cc1. The fourth-order valence-electron chi connectivity index (χ4n) is 4.97. The van der Waals surface area contributed by atoms with Crippen molar-refractivity contribution in [2.45, 2.75) is 63.2 Å². The molecule has 0 radical (unpaired) electrons. The molecule has 2 aromatic heterocycles. The van der Waals surface area contributed by atoms with Crippen molar-refractivity contribution in [3.63, 3.8) is 0 Å². The first-order valence-electron chi connectivity index (χ1n) is 13.5. The van der Waals surface area contributed by atoms with Crippen LogP contribution in [-0.2, 0) is 14.9 Å². The van der Waals surface area contributed by atoms with Gasteiger partial charge in [-0.25, -0.2) is 19.7 Å². The van der Waals surface area contributed by atoms with Crippen molar-refractivity contribution < 1.29 is 24.5 Å². The number of carbonyl (C=O) groups excluding carboxylic acids is 1. The molecular weight excluding hydrogens is 516 g/mol. The minimum absolute atomic E-state index is 0.0497. The zero-order valence-corrected chi connectivity index (χ0v) is 23.0. The second-order valence-electron chi connectivity index (χ2n) is 11.4. The Labute approximate surface area is 232 Å². The minimum Gasteiger partial charge on any atom is -0.387 e. The molecule has 2 aliphatic rings. The van der Waals surface area contributed by atoms with E-state index in [1.807, 2.05) is 24.3 Å². The van der Waals surface area contributed by atoms with Gasteiger partial charge in [0.05, 0.1) is 25.6 Å². The number of hydrogen-bond acceptors (Lipinski definition) is 10. The van der Waals surface area contributed by atoms with Crippen molar-refractivity contribution in [1.29, 1.82) is 0 Å². The Morgan fingerprint density at radius 3 is 2.58 bits per heavy atom. The van der Waals surface area contributed by atoms with Crippen LogP contribution in [0.4, 0.5) is 16.3 Å². The summed E-state index contributed by atoms with van der Waals surface area (Å²) in [4.78, 5) is 27.0. The molecule has 0 spiro atoms. The van der Waals surface area contributed by atoms with E-state index in [1.165, 1.54) is 18.2 Å². The highest BCUT2D eigenvalue weighted by molar-refractivity contribution is 5.89. The number of aliphatic hydroxyl groups is 2. The molecule has 0 aliphatic carbocycles. The van der Waals surface area contributed by atoms with Crippen LogP contribution < -0.4 is 16.4 Å². The predicted molar refractivity (Wildman–Crippen MR) is 149 cm³/mol. The van der Waals surface area contributed by atoms with Crippen LogP contribution in [-0.4, -0.2) is 97.9 Å². The van der Waals surface area contributed by atoms with Gasteiger partial charge in [-0.2, -0.15) is 0 Å². The summed E-state index contributed by atoms with van der Waals surface area (Å²) < 4.78 is 13.1. The number of nitrogens with one attached hydrogen (secondary N) is 2. The van der Waals surface area contributed by atoms with Crippen molar-refractivity contribution in [2.75, 3.05) is 43.9 Å². The Balaban J connectivity index is 1.13. The number of imidazole rings is 1. The molecule has 0 unspecified atom stereocenters. The Morgan fingerprint density at radius 2 is 1.90 bits per heavy atom. The van der Waals surface area contributed by atoms with Crippen LogP contribution in [0.1, 0.15) is 39.0 Å². The summed E-state index contributed by atoms with van der Waals surface area (Å²) in [6, 6.07) is 7.76.